The summed E-state index contributed by atoms with van der Waals surface area (Å²) in [5, 5.41) is 6.33. The monoisotopic (exact) mass is 469 g/mol. The van der Waals surface area contributed by atoms with E-state index in [-0.39, 0.29) is 42.0 Å². The summed E-state index contributed by atoms with van der Waals surface area (Å²) in [5.41, 5.74) is -0.226. The number of guanidine groups is 1. The highest BCUT2D eigenvalue weighted by atomic mass is 127. The minimum Gasteiger partial charge on any atom is -0.379 e. The summed E-state index contributed by atoms with van der Waals surface area (Å²) >= 11 is 0. The molecule has 0 radical (unpaired) electrons. The van der Waals surface area contributed by atoms with Crippen molar-refractivity contribution >= 4 is 35.8 Å². The van der Waals surface area contributed by atoms with Crippen molar-refractivity contribution in [3.05, 3.63) is 0 Å². The molecule has 1 rings (SSSR count). The van der Waals surface area contributed by atoms with Crippen LogP contribution < -0.4 is 10.6 Å². The van der Waals surface area contributed by atoms with Crippen LogP contribution in [0.2, 0.25) is 0 Å². The number of nitrogens with zero attached hydrogens (tertiary/aromatic N) is 3. The van der Waals surface area contributed by atoms with Gasteiger partial charge in [0.05, 0.1) is 19.8 Å². The van der Waals surface area contributed by atoms with Crippen molar-refractivity contribution < 1.29 is 9.53 Å². The lowest BCUT2D eigenvalue weighted by Gasteiger charge is -2.38. The molecule has 0 aromatic rings. The van der Waals surface area contributed by atoms with Crippen LogP contribution in [0.3, 0.4) is 0 Å². The maximum Gasteiger partial charge on any atom is 0.240 e. The Morgan fingerprint density at radius 3 is 2.60 bits per heavy atom. The Hall–Kier alpha value is -0.610. The molecule has 1 aliphatic heterocycles. The van der Waals surface area contributed by atoms with E-state index in [9.17, 15) is 4.79 Å². The number of likely N-dealkylation sites (N-methyl/N-ethyl adjacent to an activating group) is 1. The van der Waals surface area contributed by atoms with Gasteiger partial charge in [0.15, 0.2) is 5.96 Å². The van der Waals surface area contributed by atoms with Crippen molar-refractivity contribution in [1.82, 2.24) is 20.4 Å². The van der Waals surface area contributed by atoms with Crippen molar-refractivity contribution in [3.8, 4) is 0 Å². The molecule has 0 saturated carbocycles. The van der Waals surface area contributed by atoms with Crippen molar-refractivity contribution in [2.24, 2.45) is 4.99 Å². The summed E-state index contributed by atoms with van der Waals surface area (Å²) in [6, 6.07) is 0.797. The normalized spacial score (nSPS) is 20.4. The minimum absolute atomic E-state index is 0. The van der Waals surface area contributed by atoms with Crippen molar-refractivity contribution in [3.63, 3.8) is 0 Å². The Kier molecular flexibility index (Phi) is 10.9. The molecule has 2 unspecified atom stereocenters. The summed E-state index contributed by atoms with van der Waals surface area (Å²) in [7, 11) is 3.61. The minimum atomic E-state index is -0.226. The van der Waals surface area contributed by atoms with Crippen molar-refractivity contribution in [2.75, 3.05) is 46.9 Å². The van der Waals surface area contributed by atoms with Crippen LogP contribution in [-0.2, 0) is 9.53 Å². The van der Waals surface area contributed by atoms with E-state index in [0.717, 1.165) is 32.3 Å². The molecule has 2 N–H and O–H groups in total. The molecule has 7 nitrogen and oxygen atoms in total. The third-order valence-corrected chi connectivity index (χ3v) is 4.01. The molecule has 0 spiro atoms. The van der Waals surface area contributed by atoms with E-state index in [1.807, 2.05) is 32.7 Å². The van der Waals surface area contributed by atoms with Crippen LogP contribution in [0.1, 0.15) is 34.6 Å². The maximum atomic E-state index is 12.1. The second-order valence-electron chi connectivity index (χ2n) is 7.59. The molecule has 2 atom stereocenters. The van der Waals surface area contributed by atoms with Gasteiger partial charge in [-0.3, -0.25) is 14.7 Å². The first-order chi connectivity index (χ1) is 11.1. The van der Waals surface area contributed by atoms with E-state index in [0.29, 0.717) is 12.1 Å². The van der Waals surface area contributed by atoms with Crippen LogP contribution in [-0.4, -0.2) is 86.2 Å². The van der Waals surface area contributed by atoms with Gasteiger partial charge in [0, 0.05) is 44.8 Å². The first kappa shape index (κ1) is 24.4. The van der Waals surface area contributed by atoms with Gasteiger partial charge in [-0.15, -0.1) is 24.0 Å². The van der Waals surface area contributed by atoms with Gasteiger partial charge in [-0.2, -0.15) is 0 Å². The molecule has 148 valence electrons. The van der Waals surface area contributed by atoms with Gasteiger partial charge < -0.3 is 20.3 Å². The number of amides is 1. The SMILES string of the molecule is CN=C(NCC(C)N1CCOCC1C)N(C)CC(=O)NC(C)(C)C.I. The van der Waals surface area contributed by atoms with E-state index < -0.39 is 0 Å². The van der Waals surface area contributed by atoms with Crippen LogP contribution in [0.4, 0.5) is 0 Å². The number of carbonyl (C=O) groups is 1. The molecule has 1 aliphatic rings. The highest BCUT2D eigenvalue weighted by Crippen LogP contribution is 2.10. The van der Waals surface area contributed by atoms with Crippen LogP contribution in [0.15, 0.2) is 4.99 Å². The van der Waals surface area contributed by atoms with Crippen LogP contribution in [0.25, 0.3) is 0 Å². The predicted molar refractivity (Wildman–Crippen MR) is 114 cm³/mol. The number of carbonyl (C=O) groups excluding carboxylic acids is 1. The van der Waals surface area contributed by atoms with E-state index in [4.69, 9.17) is 4.74 Å². The predicted octanol–water partition coefficient (Wildman–Crippen LogP) is 1.14. The number of halogens is 1. The molecule has 1 amide bonds. The van der Waals surface area contributed by atoms with Crippen LogP contribution in [0, 0.1) is 0 Å². The largest absolute Gasteiger partial charge is 0.379 e. The Balaban J connectivity index is 0.00000576. The smallest absolute Gasteiger partial charge is 0.240 e. The Morgan fingerprint density at radius 2 is 2.08 bits per heavy atom. The van der Waals surface area contributed by atoms with Gasteiger partial charge in [0.2, 0.25) is 5.91 Å². The van der Waals surface area contributed by atoms with Crippen LogP contribution in [0.5, 0.6) is 0 Å². The van der Waals surface area contributed by atoms with Gasteiger partial charge in [-0.25, -0.2) is 0 Å². The van der Waals surface area contributed by atoms with E-state index in [2.05, 4.69) is 34.4 Å². The molecular weight excluding hydrogens is 433 g/mol. The van der Waals surface area contributed by atoms with Crippen molar-refractivity contribution in [1.29, 1.82) is 0 Å². The number of ether oxygens (including phenoxy) is 1. The number of hydrogen-bond donors (Lipinski definition) is 2. The number of morpholine rings is 1. The fourth-order valence-corrected chi connectivity index (χ4v) is 2.88. The van der Waals surface area contributed by atoms with Crippen LogP contribution >= 0.6 is 24.0 Å². The standard InChI is InChI=1S/C17H35N5O2.HI/c1-13(22-8-9-24-12-14(22)2)10-19-16(18-6)21(7)11-15(23)20-17(3,4)5;/h13-14H,8-12H2,1-7H3,(H,18,19)(H,20,23);1H. The van der Waals surface area contributed by atoms with E-state index in [1.54, 1.807) is 7.05 Å². The Labute approximate surface area is 170 Å². The first-order valence-corrected chi connectivity index (χ1v) is 8.70. The fraction of sp³-hybridized carbons (Fsp3) is 0.882. The molecule has 8 heteroatoms. The molecule has 0 aromatic carbocycles. The summed E-state index contributed by atoms with van der Waals surface area (Å²) in [5.74, 6) is 0.717. The van der Waals surface area contributed by atoms with E-state index in [1.165, 1.54) is 0 Å². The third-order valence-electron chi connectivity index (χ3n) is 4.01. The summed E-state index contributed by atoms with van der Waals surface area (Å²) in [4.78, 5) is 20.6. The van der Waals surface area contributed by atoms with E-state index >= 15 is 0 Å². The van der Waals surface area contributed by atoms with Gasteiger partial charge in [-0.05, 0) is 34.6 Å². The maximum absolute atomic E-state index is 12.1. The average molecular weight is 469 g/mol. The summed E-state index contributed by atoms with van der Waals surface area (Å²) in [6.45, 7) is 13.9. The number of rotatable bonds is 5. The quantitative estimate of drug-likeness (QED) is 0.359. The van der Waals surface area contributed by atoms with Gasteiger partial charge in [-0.1, -0.05) is 0 Å². The zero-order valence-electron chi connectivity index (χ0n) is 16.8. The first-order valence-electron chi connectivity index (χ1n) is 8.70. The molecule has 0 aliphatic carbocycles. The van der Waals surface area contributed by atoms with Crippen molar-refractivity contribution in [2.45, 2.75) is 52.2 Å². The van der Waals surface area contributed by atoms with Gasteiger partial charge in [0.1, 0.15) is 0 Å². The van der Waals surface area contributed by atoms with Gasteiger partial charge >= 0.3 is 0 Å². The molecule has 25 heavy (non-hydrogen) atoms. The molecule has 0 bridgehead atoms. The highest BCUT2D eigenvalue weighted by Gasteiger charge is 2.24. The zero-order valence-corrected chi connectivity index (χ0v) is 19.1. The topological polar surface area (TPSA) is 69.2 Å². The molecule has 1 saturated heterocycles. The molecular formula is C17H36IN5O2. The molecule has 1 fully saturated rings. The zero-order chi connectivity index (χ0) is 18.3. The third kappa shape index (κ3) is 9.05. The summed E-state index contributed by atoms with van der Waals surface area (Å²) in [6.07, 6.45) is 0. The number of hydrogen-bond acceptors (Lipinski definition) is 4. The number of nitrogens with one attached hydrogen (secondary N) is 2. The lowest BCUT2D eigenvalue weighted by atomic mass is 10.1. The highest BCUT2D eigenvalue weighted by molar-refractivity contribution is 14.0. The number of aliphatic imine (C=N–C) groups is 1. The summed E-state index contributed by atoms with van der Waals surface area (Å²) < 4.78 is 5.49. The second kappa shape index (κ2) is 11.2. The molecule has 0 aromatic heterocycles. The Morgan fingerprint density at radius 1 is 1.44 bits per heavy atom. The lowest BCUT2D eigenvalue weighted by Crippen LogP contribution is -2.54. The average Bonchev–Trinajstić information content (AvgIpc) is 2.45. The Bertz CT molecular complexity index is 439. The second-order valence-corrected chi connectivity index (χ2v) is 7.59. The fourth-order valence-electron chi connectivity index (χ4n) is 2.88. The van der Waals surface area contributed by atoms with Gasteiger partial charge in [0.25, 0.3) is 0 Å². The lowest BCUT2D eigenvalue weighted by molar-refractivity contribution is -0.122. The molecule has 1 heterocycles.